The molecule has 0 aliphatic carbocycles. The fraction of sp³-hybridized carbons (Fsp3) is 0.0769. The molecule has 7 heteroatoms. The van der Waals surface area contributed by atoms with E-state index in [0.717, 1.165) is 0 Å². The Bertz CT molecular complexity index is 895. The molecule has 0 aliphatic heterocycles. The van der Waals surface area contributed by atoms with Crippen molar-refractivity contribution in [2.45, 2.75) is 0 Å². The maximum atomic E-state index is 9.88. The predicted molar refractivity (Wildman–Crippen MR) is 141 cm³/mol. The molecule has 170 valence electrons. The van der Waals surface area contributed by atoms with E-state index in [9.17, 15) is 14.0 Å². The van der Waals surface area contributed by atoms with E-state index >= 15 is 0 Å². The van der Waals surface area contributed by atoms with Crippen LogP contribution in [0.15, 0.2) is 121 Å². The molecule has 4 rings (SSSR count). The molecule has 0 radical (unpaired) electrons. The Morgan fingerprint density at radius 2 is 0.576 bits per heavy atom. The van der Waals surface area contributed by atoms with E-state index in [-0.39, 0.29) is 0 Å². The van der Waals surface area contributed by atoms with Crippen LogP contribution in [-0.2, 0) is 0 Å². The zero-order valence-electron chi connectivity index (χ0n) is 18.0. The van der Waals surface area contributed by atoms with Gasteiger partial charge in [-0.25, -0.2) is 0 Å². The summed E-state index contributed by atoms with van der Waals surface area (Å²) < 4.78 is 39.5. The zero-order valence-corrected chi connectivity index (χ0v) is 22.1. The van der Waals surface area contributed by atoms with Crippen LogP contribution >= 0.6 is 15.8 Å². The molecule has 4 aromatic rings. The van der Waals surface area contributed by atoms with Crippen LogP contribution in [0.25, 0.3) is 0 Å². The summed E-state index contributed by atoms with van der Waals surface area (Å²) in [4.78, 5) is 0. The van der Waals surface area contributed by atoms with Gasteiger partial charge in [-0.15, -0.1) is 0 Å². The van der Waals surface area contributed by atoms with Crippen molar-refractivity contribution in [3.63, 3.8) is 0 Å². The second-order valence-corrected chi connectivity index (χ2v) is 14.4. The molecule has 0 aromatic heterocycles. The Kier molecular flexibility index (Phi) is 10.1. The molecule has 0 heterocycles. The summed E-state index contributed by atoms with van der Waals surface area (Å²) in [6.07, 6.45) is 2.52. The normalized spacial score (nSPS) is 11.2. The van der Waals surface area contributed by atoms with Crippen molar-refractivity contribution in [2.24, 2.45) is 0 Å². The van der Waals surface area contributed by atoms with Crippen LogP contribution in [0.3, 0.4) is 0 Å². The number of hydrogen-bond donors (Lipinski definition) is 0. The van der Waals surface area contributed by atoms with Gasteiger partial charge in [-0.3, -0.25) is 0 Å². The predicted octanol–water partition coefficient (Wildman–Crippen LogP) is 6.02. The average molecular weight is 549 g/mol. The van der Waals surface area contributed by atoms with Gasteiger partial charge in [0.25, 0.3) is 0 Å². The fourth-order valence-corrected chi connectivity index (χ4v) is 9.92. The number of rotatable bonds is 7. The van der Waals surface area contributed by atoms with Gasteiger partial charge in [0, 0.05) is 0 Å². The fourth-order valence-electron chi connectivity index (χ4n) is 3.72. The summed E-state index contributed by atoms with van der Waals surface area (Å²) in [5.41, 5.74) is 0. The molecule has 0 saturated heterocycles. The Balaban J connectivity index is 0.000000555. The van der Waals surface area contributed by atoms with Gasteiger partial charge in [0.15, 0.2) is 0 Å². The Labute approximate surface area is 199 Å². The topological polar surface area (TPSA) is 0 Å². The smallest absolute Gasteiger partial charge is 0.0620 e. The molecule has 0 spiro atoms. The summed E-state index contributed by atoms with van der Waals surface area (Å²) in [6.45, 7) is 0. The molecule has 0 N–H and O–H groups in total. The van der Waals surface area contributed by atoms with Crippen molar-refractivity contribution in [1.82, 2.24) is 0 Å². The van der Waals surface area contributed by atoms with Gasteiger partial charge in [0.05, 0.1) is 37.1 Å². The summed E-state index contributed by atoms with van der Waals surface area (Å²) in [6, 6.07) is 44.5. The molecule has 4 aromatic carbocycles. The van der Waals surface area contributed by atoms with Crippen LogP contribution in [0.5, 0.6) is 0 Å². The SMILES string of the molecule is [F][Ge]([F])([F])[F].c1ccc([PH+](CC[PH+](c2ccccc2)c2ccccc2)c2ccccc2)cc1. The molecule has 0 fully saturated rings. The van der Waals surface area contributed by atoms with Gasteiger partial charge in [-0.1, -0.05) is 72.8 Å². The third-order valence-electron chi connectivity index (χ3n) is 5.11. The summed E-state index contributed by atoms with van der Waals surface area (Å²) >= 11 is -7.00. The Morgan fingerprint density at radius 3 is 0.758 bits per heavy atom. The van der Waals surface area contributed by atoms with Crippen LogP contribution < -0.4 is 21.2 Å². The van der Waals surface area contributed by atoms with Gasteiger partial charge < -0.3 is 0 Å². The standard InChI is InChI=1S/C26H24P2.F4Ge/c1-5-13-23(14-6-1)27(24-15-7-2-8-16-24)21-22-28(25-17-9-3-10-18-25)26-19-11-4-12-20-26;1-5(2,3)4/h1-20H,21-22H2;/p+2. The van der Waals surface area contributed by atoms with Gasteiger partial charge in [0.2, 0.25) is 0 Å². The third kappa shape index (κ3) is 9.04. The van der Waals surface area contributed by atoms with Gasteiger partial charge >= 0.3 is 29.1 Å². The maximum absolute atomic E-state index is 9.88. The number of benzene rings is 4. The quantitative estimate of drug-likeness (QED) is 0.151. The van der Waals surface area contributed by atoms with E-state index in [2.05, 4.69) is 121 Å². The van der Waals surface area contributed by atoms with Crippen LogP contribution in [0.4, 0.5) is 14.0 Å². The molecular formula is C26H26F4GeP2+2. The van der Waals surface area contributed by atoms with Gasteiger partial charge in [-0.2, -0.15) is 0 Å². The van der Waals surface area contributed by atoms with Crippen molar-refractivity contribution in [1.29, 1.82) is 0 Å². The molecule has 0 unspecified atom stereocenters. The largest absolute Gasteiger partial charge is 0.101 e. The summed E-state index contributed by atoms with van der Waals surface area (Å²) in [5.74, 6) is 0. The summed E-state index contributed by atoms with van der Waals surface area (Å²) in [5, 5.41) is 6.06. The third-order valence-corrected chi connectivity index (χ3v) is 11.2. The Morgan fingerprint density at radius 1 is 0.394 bits per heavy atom. The van der Waals surface area contributed by atoms with E-state index in [1.807, 2.05) is 0 Å². The second-order valence-electron chi connectivity index (χ2n) is 7.35. The molecule has 33 heavy (non-hydrogen) atoms. The molecule has 0 atom stereocenters. The van der Waals surface area contributed by atoms with Crippen molar-refractivity contribution in [3.05, 3.63) is 121 Å². The van der Waals surface area contributed by atoms with Crippen molar-refractivity contribution < 1.29 is 14.0 Å². The molecule has 0 bridgehead atoms. The molecular weight excluding hydrogens is 523 g/mol. The van der Waals surface area contributed by atoms with Crippen molar-refractivity contribution in [3.8, 4) is 0 Å². The first kappa shape index (κ1) is 25.6. The van der Waals surface area contributed by atoms with E-state index in [0.29, 0.717) is 0 Å². The number of hydrogen-bond acceptors (Lipinski definition) is 0. The minimum Gasteiger partial charge on any atom is -0.0620 e. The zero-order chi connectivity index (χ0) is 23.5. The van der Waals surface area contributed by atoms with E-state index in [1.54, 1.807) is 0 Å². The minimum absolute atomic E-state index is 0.783. The molecule has 0 amide bonds. The van der Waals surface area contributed by atoms with Crippen molar-refractivity contribution in [2.75, 3.05) is 12.3 Å². The van der Waals surface area contributed by atoms with E-state index in [4.69, 9.17) is 0 Å². The number of halogens is 4. The average Bonchev–Trinajstić information content (AvgIpc) is 2.83. The van der Waals surface area contributed by atoms with Gasteiger partial charge in [-0.05, 0) is 48.5 Å². The molecule has 0 nitrogen and oxygen atoms in total. The minimum atomic E-state index is -7.00. The van der Waals surface area contributed by atoms with Gasteiger partial charge in [0.1, 0.15) is 12.3 Å². The molecule has 0 aliphatic rings. The van der Waals surface area contributed by atoms with E-state index < -0.39 is 31.0 Å². The van der Waals surface area contributed by atoms with Crippen LogP contribution in [0.2, 0.25) is 0 Å². The van der Waals surface area contributed by atoms with Crippen LogP contribution in [-0.4, -0.2) is 27.4 Å². The first-order chi connectivity index (χ1) is 15.9. The first-order valence-electron chi connectivity index (χ1n) is 10.6. The maximum Gasteiger partial charge on any atom is 0.101 e. The van der Waals surface area contributed by atoms with E-state index in [1.165, 1.54) is 33.5 Å². The van der Waals surface area contributed by atoms with Crippen LogP contribution in [0, 0.1) is 0 Å². The molecule has 0 saturated carbocycles. The summed E-state index contributed by atoms with van der Waals surface area (Å²) in [7, 11) is -1.57. The van der Waals surface area contributed by atoms with Crippen LogP contribution in [0.1, 0.15) is 0 Å². The first-order valence-corrected chi connectivity index (χ1v) is 17.2. The Hall–Kier alpha value is -2.00. The monoisotopic (exact) mass is 550 g/mol. The second kappa shape index (κ2) is 13.0. The van der Waals surface area contributed by atoms with Crippen molar-refractivity contribution >= 4 is 52.2 Å².